The van der Waals surface area contributed by atoms with Crippen LogP contribution in [0.15, 0.2) is 91.3 Å². The molecule has 0 atom stereocenters. The van der Waals surface area contributed by atoms with E-state index in [9.17, 15) is 4.80 Å². The highest BCUT2D eigenvalue weighted by atomic mass is 28.4. The summed E-state index contributed by atoms with van der Waals surface area (Å²) in [6, 6.07) is 29.2. The molecule has 55 heavy (non-hydrogen) atoms. The maximum Gasteiger partial charge on any atom is 0.548 e. The fourth-order valence-corrected chi connectivity index (χ4v) is 11.9. The van der Waals surface area contributed by atoms with Gasteiger partial charge in [-0.05, 0) is 121 Å². The second-order valence-electron chi connectivity index (χ2n) is 17.3. The minimum absolute atomic E-state index is 0.252. The fourth-order valence-electron chi connectivity index (χ4n) is 9.10. The van der Waals surface area contributed by atoms with Gasteiger partial charge in [0.05, 0.1) is 0 Å². The van der Waals surface area contributed by atoms with Gasteiger partial charge in [-0.25, -0.2) is 0 Å². The molecule has 1 aliphatic rings. The van der Waals surface area contributed by atoms with Gasteiger partial charge in [0.25, 0.3) is 0 Å². The molecule has 5 heteroatoms. The largest absolute Gasteiger partial charge is 0.548 e. The molecule has 1 aliphatic heterocycles. The Morgan fingerprint density at radius 3 is 1.05 bits per heavy atom. The Labute approximate surface area is 333 Å². The molecular formula is C50H63N3OSi. The standard InChI is InChI=1S/C50H63N3OSi/c1-30(2)40-18-15-19-41(31(3)4)49(40)52-24-25-53(50-42(32(5)6)20-16-21-43(50)33(7)8)55(52,54)51-48-44(46-36(11)26-34(9)27-37(46)12)22-17-23-45(48)47-38(13)28-35(10)29-39(47)14/h15-33,51,54H,1-14H3. The maximum atomic E-state index is 14.3. The highest BCUT2D eigenvalue weighted by Crippen LogP contribution is 2.48. The van der Waals surface area contributed by atoms with E-state index in [0.29, 0.717) is 0 Å². The van der Waals surface area contributed by atoms with Gasteiger partial charge < -0.3 is 18.9 Å². The minimum atomic E-state index is -3.99. The minimum Gasteiger partial charge on any atom is -0.383 e. The molecular weight excluding hydrogens is 687 g/mol. The second kappa shape index (κ2) is 15.5. The Morgan fingerprint density at radius 2 is 0.764 bits per heavy atom. The lowest BCUT2D eigenvalue weighted by atomic mass is 9.87. The van der Waals surface area contributed by atoms with Crippen LogP contribution in [0.3, 0.4) is 0 Å². The van der Waals surface area contributed by atoms with E-state index in [1.807, 2.05) is 0 Å². The number of para-hydroxylation sites is 3. The van der Waals surface area contributed by atoms with E-state index < -0.39 is 8.80 Å². The first-order chi connectivity index (χ1) is 26.0. The summed E-state index contributed by atoms with van der Waals surface area (Å²) >= 11 is 0. The third-order valence-electron chi connectivity index (χ3n) is 11.5. The lowest BCUT2D eigenvalue weighted by Crippen LogP contribution is -2.67. The summed E-state index contributed by atoms with van der Waals surface area (Å²) in [4.78, 5) is 18.5. The predicted molar refractivity (Wildman–Crippen MR) is 241 cm³/mol. The van der Waals surface area contributed by atoms with Gasteiger partial charge in [-0.3, -0.25) is 0 Å². The summed E-state index contributed by atoms with van der Waals surface area (Å²) in [6.45, 7) is 31.3. The molecule has 0 amide bonds. The molecule has 5 aromatic carbocycles. The molecule has 0 bridgehead atoms. The van der Waals surface area contributed by atoms with Crippen LogP contribution in [0.5, 0.6) is 0 Å². The Bertz CT molecular complexity index is 2010. The Hall–Kier alpha value is -4.58. The lowest BCUT2D eigenvalue weighted by molar-refractivity contribution is 0.541. The molecule has 288 valence electrons. The Morgan fingerprint density at radius 1 is 0.473 bits per heavy atom. The van der Waals surface area contributed by atoms with Gasteiger partial charge in [-0.1, -0.05) is 145 Å². The summed E-state index contributed by atoms with van der Waals surface area (Å²) in [5.41, 5.74) is 20.1. The van der Waals surface area contributed by atoms with Crippen molar-refractivity contribution in [2.75, 3.05) is 14.1 Å². The van der Waals surface area contributed by atoms with Crippen molar-refractivity contribution >= 4 is 25.9 Å². The lowest BCUT2D eigenvalue weighted by Gasteiger charge is -2.42. The topological polar surface area (TPSA) is 38.7 Å². The van der Waals surface area contributed by atoms with Crippen molar-refractivity contribution < 1.29 is 4.80 Å². The molecule has 0 aliphatic carbocycles. The van der Waals surface area contributed by atoms with Crippen LogP contribution >= 0.6 is 0 Å². The molecule has 0 saturated heterocycles. The average molecular weight is 750 g/mol. The van der Waals surface area contributed by atoms with Crippen LogP contribution in [0.4, 0.5) is 17.1 Å². The number of benzene rings is 5. The van der Waals surface area contributed by atoms with Crippen molar-refractivity contribution in [3.8, 4) is 22.3 Å². The smallest absolute Gasteiger partial charge is 0.383 e. The van der Waals surface area contributed by atoms with Gasteiger partial charge in [0.15, 0.2) is 0 Å². The molecule has 0 aromatic heterocycles. The molecule has 0 saturated carbocycles. The van der Waals surface area contributed by atoms with E-state index in [1.54, 1.807) is 0 Å². The van der Waals surface area contributed by atoms with Crippen LogP contribution in [0, 0.1) is 41.5 Å². The Kier molecular flexibility index (Phi) is 11.3. The van der Waals surface area contributed by atoms with E-state index in [4.69, 9.17) is 0 Å². The summed E-state index contributed by atoms with van der Waals surface area (Å²) < 4.78 is 4.51. The third kappa shape index (κ3) is 7.29. The van der Waals surface area contributed by atoms with Crippen molar-refractivity contribution in [1.29, 1.82) is 0 Å². The number of anilines is 3. The molecule has 6 rings (SSSR count). The fraction of sp³-hybridized carbons (Fsp3) is 0.360. The van der Waals surface area contributed by atoms with Gasteiger partial charge in [0, 0.05) is 40.6 Å². The molecule has 1 heterocycles. The first-order valence-electron chi connectivity index (χ1n) is 20.3. The average Bonchev–Trinajstić information content (AvgIpc) is 3.42. The van der Waals surface area contributed by atoms with Crippen LogP contribution in [-0.2, 0) is 0 Å². The molecule has 0 unspecified atom stereocenters. The number of nitrogens with one attached hydrogen (secondary N) is 1. The van der Waals surface area contributed by atoms with Gasteiger partial charge in [-0.2, -0.15) is 0 Å². The quantitative estimate of drug-likeness (QED) is 0.139. The zero-order valence-corrected chi connectivity index (χ0v) is 36.8. The van der Waals surface area contributed by atoms with Crippen LogP contribution in [0.1, 0.15) is 135 Å². The number of hydrogen-bond donors (Lipinski definition) is 2. The normalized spacial score (nSPS) is 14.0. The summed E-state index contributed by atoms with van der Waals surface area (Å²) in [5, 5.41) is 0. The highest BCUT2D eigenvalue weighted by molar-refractivity contribution is 6.84. The molecule has 4 nitrogen and oxygen atoms in total. The van der Waals surface area contributed by atoms with Gasteiger partial charge in [0.1, 0.15) is 0 Å². The first kappa shape index (κ1) is 40.1. The summed E-state index contributed by atoms with van der Waals surface area (Å²) in [7, 11) is -3.99. The number of aryl methyl sites for hydroxylation is 6. The zero-order chi connectivity index (χ0) is 40.1. The summed E-state index contributed by atoms with van der Waals surface area (Å²) in [6.07, 6.45) is 4.31. The molecule has 5 aromatic rings. The van der Waals surface area contributed by atoms with Crippen LogP contribution in [0.2, 0.25) is 0 Å². The van der Waals surface area contributed by atoms with E-state index in [1.165, 1.54) is 66.8 Å². The van der Waals surface area contributed by atoms with Crippen molar-refractivity contribution in [1.82, 2.24) is 0 Å². The van der Waals surface area contributed by atoms with Crippen LogP contribution in [0.25, 0.3) is 22.3 Å². The first-order valence-corrected chi connectivity index (χ1v) is 22.1. The van der Waals surface area contributed by atoms with E-state index >= 15 is 0 Å². The number of rotatable bonds is 10. The van der Waals surface area contributed by atoms with Crippen LogP contribution in [-0.4, -0.2) is 13.6 Å². The van der Waals surface area contributed by atoms with Crippen LogP contribution < -0.4 is 14.1 Å². The third-order valence-corrected chi connectivity index (χ3v) is 14.1. The van der Waals surface area contributed by atoms with Crippen molar-refractivity contribution in [2.45, 2.75) is 121 Å². The molecule has 2 N–H and O–H groups in total. The van der Waals surface area contributed by atoms with Gasteiger partial charge in [-0.15, -0.1) is 0 Å². The van der Waals surface area contributed by atoms with E-state index in [-0.39, 0.29) is 23.7 Å². The zero-order valence-electron chi connectivity index (χ0n) is 35.8. The van der Waals surface area contributed by atoms with Gasteiger partial charge in [0.2, 0.25) is 0 Å². The molecule has 0 fully saturated rings. The van der Waals surface area contributed by atoms with Crippen molar-refractivity contribution in [3.63, 3.8) is 0 Å². The molecule has 0 radical (unpaired) electrons. The van der Waals surface area contributed by atoms with Crippen molar-refractivity contribution in [2.24, 2.45) is 0 Å². The number of hydrogen-bond acceptors (Lipinski definition) is 4. The second-order valence-corrected chi connectivity index (χ2v) is 19.7. The predicted octanol–water partition coefficient (Wildman–Crippen LogP) is 13.7. The number of nitrogens with zero attached hydrogens (tertiary/aromatic N) is 2. The van der Waals surface area contributed by atoms with E-state index in [0.717, 1.165) is 28.2 Å². The summed E-state index contributed by atoms with van der Waals surface area (Å²) in [5.74, 6) is 1.01. The monoisotopic (exact) mass is 749 g/mol. The SMILES string of the molecule is Cc1cc(C)c(-c2cccc(-c3c(C)cc(C)cc3C)c2N[Si]2(O)N(c3c(C(C)C)cccc3C(C)C)C=CN2c2c(C(C)C)cccc2C(C)C)c(C)c1. The maximum absolute atomic E-state index is 14.3. The van der Waals surface area contributed by atoms with Crippen molar-refractivity contribution in [3.05, 3.63) is 147 Å². The Balaban J connectivity index is 1.75. The van der Waals surface area contributed by atoms with E-state index in [2.05, 4.69) is 202 Å². The highest BCUT2D eigenvalue weighted by Gasteiger charge is 2.54. The van der Waals surface area contributed by atoms with Gasteiger partial charge >= 0.3 is 8.80 Å². The molecule has 0 spiro atoms.